The van der Waals surface area contributed by atoms with Gasteiger partial charge in [-0.15, -0.1) is 0 Å². The minimum atomic E-state index is -0.236. The van der Waals surface area contributed by atoms with Crippen LogP contribution in [0, 0.1) is 0 Å². The second-order valence-electron chi connectivity index (χ2n) is 5.43. The number of aliphatic hydroxyl groups excluding tert-OH is 1. The summed E-state index contributed by atoms with van der Waals surface area (Å²) in [7, 11) is 0. The fraction of sp³-hybridized carbons (Fsp3) is 0.294. The molecule has 0 fully saturated rings. The third-order valence-corrected chi connectivity index (χ3v) is 4.55. The molecule has 0 saturated heterocycles. The Morgan fingerprint density at radius 1 is 0.722 bits per heavy atom. The first-order chi connectivity index (χ1) is 8.86. The first-order valence-corrected chi connectivity index (χ1v) is 6.72. The van der Waals surface area contributed by atoms with Gasteiger partial charge >= 0.3 is 0 Å². The molecule has 0 amide bonds. The van der Waals surface area contributed by atoms with Crippen molar-refractivity contribution in [3.05, 3.63) is 70.8 Å². The summed E-state index contributed by atoms with van der Waals surface area (Å²) in [6.45, 7) is 0. The predicted molar refractivity (Wildman–Crippen MR) is 71.8 cm³/mol. The lowest BCUT2D eigenvalue weighted by atomic mass is 9.73. The highest BCUT2D eigenvalue weighted by Crippen LogP contribution is 2.50. The van der Waals surface area contributed by atoms with Crippen LogP contribution in [-0.2, 0) is 0 Å². The summed E-state index contributed by atoms with van der Waals surface area (Å²) in [5, 5.41) is 10.5. The van der Waals surface area contributed by atoms with E-state index < -0.39 is 0 Å². The van der Waals surface area contributed by atoms with Crippen LogP contribution in [-0.4, -0.2) is 11.2 Å². The number of rotatable bonds is 0. The summed E-state index contributed by atoms with van der Waals surface area (Å²) in [5.74, 6) is 0.655. The van der Waals surface area contributed by atoms with Crippen molar-refractivity contribution in [2.24, 2.45) is 0 Å². The minimum Gasteiger partial charge on any atom is -0.392 e. The van der Waals surface area contributed by atoms with Gasteiger partial charge in [-0.2, -0.15) is 0 Å². The van der Waals surface area contributed by atoms with Crippen molar-refractivity contribution in [2.75, 3.05) is 0 Å². The number of benzene rings is 2. The molecule has 0 saturated carbocycles. The average molecular weight is 236 g/mol. The molecule has 0 unspecified atom stereocenters. The Labute approximate surface area is 107 Å². The van der Waals surface area contributed by atoms with E-state index in [0.717, 1.165) is 12.8 Å². The van der Waals surface area contributed by atoms with Gasteiger partial charge in [0.2, 0.25) is 0 Å². The van der Waals surface area contributed by atoms with Crippen molar-refractivity contribution in [2.45, 2.75) is 30.8 Å². The molecule has 1 heteroatoms. The van der Waals surface area contributed by atoms with Crippen molar-refractivity contribution in [3.63, 3.8) is 0 Å². The summed E-state index contributed by atoms with van der Waals surface area (Å²) < 4.78 is 0. The van der Waals surface area contributed by atoms with Crippen molar-refractivity contribution in [3.8, 4) is 0 Å². The Bertz CT molecular complexity index is 555. The molecule has 0 spiro atoms. The molecule has 90 valence electrons. The quantitative estimate of drug-likeness (QED) is 0.743. The fourth-order valence-electron chi connectivity index (χ4n) is 3.79. The van der Waals surface area contributed by atoms with Gasteiger partial charge in [0.25, 0.3) is 0 Å². The van der Waals surface area contributed by atoms with E-state index in [1.54, 1.807) is 0 Å². The number of fused-ring (bicyclic) bond motifs is 2. The van der Waals surface area contributed by atoms with Gasteiger partial charge in [0.15, 0.2) is 0 Å². The van der Waals surface area contributed by atoms with E-state index in [9.17, 15) is 5.11 Å². The highest BCUT2D eigenvalue weighted by Gasteiger charge is 2.38. The van der Waals surface area contributed by atoms with Gasteiger partial charge < -0.3 is 5.11 Å². The van der Waals surface area contributed by atoms with Crippen LogP contribution in [0.25, 0.3) is 0 Å². The van der Waals surface area contributed by atoms with Crippen LogP contribution >= 0.6 is 0 Å². The molecule has 0 aromatic heterocycles. The van der Waals surface area contributed by atoms with Crippen LogP contribution in [0.1, 0.15) is 46.9 Å². The van der Waals surface area contributed by atoms with Gasteiger partial charge in [-0.25, -0.2) is 0 Å². The molecular formula is C17H16O. The van der Waals surface area contributed by atoms with Crippen LogP contribution in [0.5, 0.6) is 0 Å². The Balaban J connectivity index is 2.05. The molecule has 1 atom stereocenters. The van der Waals surface area contributed by atoms with Crippen molar-refractivity contribution < 1.29 is 5.11 Å². The van der Waals surface area contributed by atoms with Crippen LogP contribution in [0.3, 0.4) is 0 Å². The van der Waals surface area contributed by atoms with Crippen LogP contribution in [0.15, 0.2) is 48.5 Å². The van der Waals surface area contributed by atoms with Gasteiger partial charge in [-0.05, 0) is 35.1 Å². The van der Waals surface area contributed by atoms with E-state index in [-0.39, 0.29) is 12.0 Å². The number of aliphatic hydroxyl groups is 1. The minimum absolute atomic E-state index is 0.177. The lowest BCUT2D eigenvalue weighted by molar-refractivity contribution is 0.149. The van der Waals surface area contributed by atoms with E-state index in [1.165, 1.54) is 22.3 Å². The highest BCUT2D eigenvalue weighted by atomic mass is 16.3. The van der Waals surface area contributed by atoms with Crippen molar-refractivity contribution in [1.29, 1.82) is 0 Å². The molecule has 3 aliphatic carbocycles. The SMILES string of the molecule is O[C@@H]1CCC2c3ccccc3C1c1ccccc12. The number of hydrogen-bond donors (Lipinski definition) is 1. The molecular weight excluding hydrogens is 220 g/mol. The molecule has 0 aliphatic heterocycles. The van der Waals surface area contributed by atoms with E-state index >= 15 is 0 Å². The fourth-order valence-corrected chi connectivity index (χ4v) is 3.79. The molecule has 0 radical (unpaired) electrons. The van der Waals surface area contributed by atoms with E-state index in [1.807, 2.05) is 0 Å². The monoisotopic (exact) mass is 236 g/mol. The molecule has 5 rings (SSSR count). The largest absolute Gasteiger partial charge is 0.392 e. The third-order valence-electron chi connectivity index (χ3n) is 4.55. The van der Waals surface area contributed by atoms with Crippen molar-refractivity contribution in [1.82, 2.24) is 0 Å². The van der Waals surface area contributed by atoms with E-state index in [0.29, 0.717) is 5.92 Å². The number of hydrogen-bond acceptors (Lipinski definition) is 1. The Hall–Kier alpha value is -1.60. The van der Waals surface area contributed by atoms with Gasteiger partial charge in [-0.3, -0.25) is 0 Å². The van der Waals surface area contributed by atoms with Gasteiger partial charge in [0, 0.05) is 11.8 Å². The Kier molecular flexibility index (Phi) is 2.12. The summed E-state index contributed by atoms with van der Waals surface area (Å²) in [6, 6.07) is 17.3. The molecule has 2 aromatic carbocycles. The summed E-state index contributed by atoms with van der Waals surface area (Å²) in [4.78, 5) is 0. The molecule has 2 bridgehead atoms. The summed E-state index contributed by atoms with van der Waals surface area (Å²) in [5.41, 5.74) is 5.54. The molecule has 1 N–H and O–H groups in total. The maximum atomic E-state index is 10.5. The predicted octanol–water partition coefficient (Wildman–Crippen LogP) is 3.42. The Morgan fingerprint density at radius 3 is 1.78 bits per heavy atom. The first kappa shape index (κ1) is 10.3. The molecule has 18 heavy (non-hydrogen) atoms. The summed E-state index contributed by atoms with van der Waals surface area (Å²) >= 11 is 0. The first-order valence-electron chi connectivity index (χ1n) is 6.72. The standard InChI is InChI=1S/C17H16O/c18-16-10-9-13-11-5-1-3-7-14(11)17(16)15-8-4-2-6-12(13)15/h1-8,13,16-18H,9-10H2/t13?,16-,17?/m1/s1. The summed E-state index contributed by atoms with van der Waals surface area (Å²) in [6.07, 6.45) is 1.73. The molecule has 0 heterocycles. The second kappa shape index (κ2) is 3.69. The smallest absolute Gasteiger partial charge is 0.0649 e. The lowest BCUT2D eigenvalue weighted by Crippen LogP contribution is -2.21. The lowest BCUT2D eigenvalue weighted by Gasteiger charge is -2.31. The van der Waals surface area contributed by atoms with Crippen molar-refractivity contribution >= 4 is 0 Å². The van der Waals surface area contributed by atoms with Crippen LogP contribution < -0.4 is 0 Å². The Morgan fingerprint density at radius 2 is 1.22 bits per heavy atom. The third kappa shape index (κ3) is 1.25. The zero-order valence-corrected chi connectivity index (χ0v) is 10.2. The molecule has 2 aromatic rings. The molecule has 3 aliphatic rings. The highest BCUT2D eigenvalue weighted by molar-refractivity contribution is 5.54. The maximum absolute atomic E-state index is 10.5. The van der Waals surface area contributed by atoms with Crippen LogP contribution in [0.4, 0.5) is 0 Å². The normalized spacial score (nSPS) is 28.4. The van der Waals surface area contributed by atoms with E-state index in [4.69, 9.17) is 0 Å². The average Bonchev–Trinajstić information content (AvgIpc) is 2.65. The maximum Gasteiger partial charge on any atom is 0.0649 e. The zero-order chi connectivity index (χ0) is 12.1. The van der Waals surface area contributed by atoms with Gasteiger partial charge in [0.05, 0.1) is 6.10 Å². The zero-order valence-electron chi connectivity index (χ0n) is 10.2. The van der Waals surface area contributed by atoms with E-state index in [2.05, 4.69) is 48.5 Å². The molecule has 1 nitrogen and oxygen atoms in total. The van der Waals surface area contributed by atoms with Gasteiger partial charge in [0.1, 0.15) is 0 Å². The van der Waals surface area contributed by atoms with Crippen LogP contribution in [0.2, 0.25) is 0 Å². The second-order valence-corrected chi connectivity index (χ2v) is 5.43. The topological polar surface area (TPSA) is 20.2 Å². The van der Waals surface area contributed by atoms with Gasteiger partial charge in [-0.1, -0.05) is 48.5 Å².